The lowest BCUT2D eigenvalue weighted by Crippen LogP contribution is -2.17. The number of aromatic nitrogens is 2. The summed E-state index contributed by atoms with van der Waals surface area (Å²) in [5.41, 5.74) is 2.19. The summed E-state index contributed by atoms with van der Waals surface area (Å²) in [7, 11) is 1.88. The Morgan fingerprint density at radius 2 is 2.11 bits per heavy atom. The first-order valence-corrected chi connectivity index (χ1v) is 5.67. The highest BCUT2D eigenvalue weighted by Crippen LogP contribution is 2.08. The summed E-state index contributed by atoms with van der Waals surface area (Å²) < 4.78 is 1.79. The van der Waals surface area contributed by atoms with Gasteiger partial charge < -0.3 is 10.4 Å². The molecule has 0 atom stereocenters. The van der Waals surface area contributed by atoms with E-state index in [1.165, 1.54) is 0 Å². The Kier molecular flexibility index (Phi) is 3.74. The van der Waals surface area contributed by atoms with Gasteiger partial charge in [-0.15, -0.1) is 0 Å². The molecule has 0 aliphatic heterocycles. The highest BCUT2D eigenvalue weighted by atomic mass is 16.4. The minimum Gasteiger partial charge on any atom is -0.478 e. The molecule has 1 aromatic carbocycles. The van der Waals surface area contributed by atoms with Gasteiger partial charge in [0.15, 0.2) is 0 Å². The van der Waals surface area contributed by atoms with Gasteiger partial charge in [0, 0.05) is 26.3 Å². The zero-order valence-electron chi connectivity index (χ0n) is 10.1. The fraction of sp³-hybridized carbons (Fsp3) is 0.231. The first-order valence-electron chi connectivity index (χ1n) is 5.67. The Hall–Kier alpha value is -2.14. The molecule has 2 N–H and O–H groups in total. The number of carboxylic acids is 1. The van der Waals surface area contributed by atoms with Gasteiger partial charge in [-0.3, -0.25) is 4.68 Å². The molecule has 5 nitrogen and oxygen atoms in total. The number of carboxylic acid groups (broad SMARTS) is 1. The fourth-order valence-corrected chi connectivity index (χ4v) is 1.78. The van der Waals surface area contributed by atoms with E-state index < -0.39 is 5.97 Å². The zero-order chi connectivity index (χ0) is 13.0. The van der Waals surface area contributed by atoms with Crippen LogP contribution in [0.5, 0.6) is 0 Å². The van der Waals surface area contributed by atoms with Crippen molar-refractivity contribution in [2.75, 3.05) is 0 Å². The lowest BCUT2D eigenvalue weighted by atomic mass is 10.1. The van der Waals surface area contributed by atoms with Crippen molar-refractivity contribution < 1.29 is 9.90 Å². The van der Waals surface area contributed by atoms with Crippen LogP contribution in [-0.2, 0) is 20.1 Å². The second-order valence-electron chi connectivity index (χ2n) is 4.01. The van der Waals surface area contributed by atoms with Gasteiger partial charge in [-0.1, -0.05) is 18.2 Å². The molecule has 0 spiro atoms. The second-order valence-corrected chi connectivity index (χ2v) is 4.01. The molecular formula is C13H15N3O2. The van der Waals surface area contributed by atoms with Crippen LogP contribution in [0.4, 0.5) is 0 Å². The van der Waals surface area contributed by atoms with Gasteiger partial charge in [0.2, 0.25) is 0 Å². The van der Waals surface area contributed by atoms with Crippen molar-refractivity contribution in [3.63, 3.8) is 0 Å². The molecule has 0 aliphatic rings. The van der Waals surface area contributed by atoms with Crippen LogP contribution in [0.1, 0.15) is 21.6 Å². The van der Waals surface area contributed by atoms with Crippen LogP contribution >= 0.6 is 0 Å². The lowest BCUT2D eigenvalue weighted by Gasteiger charge is -2.08. The van der Waals surface area contributed by atoms with E-state index in [9.17, 15) is 4.79 Å². The second kappa shape index (κ2) is 5.46. The van der Waals surface area contributed by atoms with Crippen molar-refractivity contribution >= 4 is 5.97 Å². The van der Waals surface area contributed by atoms with Crippen molar-refractivity contribution in [1.29, 1.82) is 0 Å². The van der Waals surface area contributed by atoms with Crippen LogP contribution in [0, 0.1) is 0 Å². The molecule has 2 rings (SSSR count). The third-order valence-electron chi connectivity index (χ3n) is 2.79. The molecule has 0 bridgehead atoms. The minimum atomic E-state index is -0.895. The summed E-state index contributed by atoms with van der Waals surface area (Å²) in [5, 5.41) is 16.3. The molecule has 1 aromatic heterocycles. The van der Waals surface area contributed by atoms with E-state index in [1.807, 2.05) is 25.2 Å². The summed E-state index contributed by atoms with van der Waals surface area (Å²) >= 11 is 0. The number of hydrogen-bond donors (Lipinski definition) is 2. The van der Waals surface area contributed by atoms with Crippen LogP contribution in [0.3, 0.4) is 0 Å². The Balaban J connectivity index is 1.99. The standard InChI is InChI=1S/C13H15N3O2/c1-16-11(6-7-15-16)9-14-8-10-4-2-3-5-12(10)13(17)18/h2-7,14H,8-9H2,1H3,(H,17,18). The summed E-state index contributed by atoms with van der Waals surface area (Å²) in [6, 6.07) is 8.93. The molecule has 0 fully saturated rings. The third kappa shape index (κ3) is 2.75. The van der Waals surface area contributed by atoms with Gasteiger partial charge in [0.1, 0.15) is 0 Å². The van der Waals surface area contributed by atoms with Gasteiger partial charge in [0.25, 0.3) is 0 Å². The van der Waals surface area contributed by atoms with Gasteiger partial charge in [-0.2, -0.15) is 5.10 Å². The number of nitrogens with zero attached hydrogens (tertiary/aromatic N) is 2. The number of nitrogens with one attached hydrogen (secondary N) is 1. The molecule has 5 heteroatoms. The fourth-order valence-electron chi connectivity index (χ4n) is 1.78. The molecule has 18 heavy (non-hydrogen) atoms. The predicted molar refractivity (Wildman–Crippen MR) is 67.2 cm³/mol. The van der Waals surface area contributed by atoms with Crippen LogP contribution in [0.2, 0.25) is 0 Å². The summed E-state index contributed by atoms with van der Waals surface area (Å²) in [4.78, 5) is 11.0. The summed E-state index contributed by atoms with van der Waals surface area (Å²) in [5.74, 6) is -0.895. The van der Waals surface area contributed by atoms with Gasteiger partial charge in [-0.25, -0.2) is 4.79 Å². The topological polar surface area (TPSA) is 67.2 Å². The number of aryl methyl sites for hydroxylation is 1. The smallest absolute Gasteiger partial charge is 0.336 e. The zero-order valence-corrected chi connectivity index (χ0v) is 10.1. The van der Waals surface area contributed by atoms with Crippen molar-refractivity contribution in [2.24, 2.45) is 7.05 Å². The molecule has 0 amide bonds. The van der Waals surface area contributed by atoms with E-state index in [0.29, 0.717) is 18.7 Å². The largest absolute Gasteiger partial charge is 0.478 e. The highest BCUT2D eigenvalue weighted by Gasteiger charge is 2.08. The molecule has 0 saturated heterocycles. The van der Waals surface area contributed by atoms with Crippen molar-refractivity contribution in [1.82, 2.24) is 15.1 Å². The van der Waals surface area contributed by atoms with E-state index in [4.69, 9.17) is 5.11 Å². The van der Waals surface area contributed by atoms with E-state index in [2.05, 4.69) is 10.4 Å². The van der Waals surface area contributed by atoms with E-state index in [0.717, 1.165) is 11.3 Å². The maximum absolute atomic E-state index is 11.0. The quantitative estimate of drug-likeness (QED) is 0.835. The van der Waals surface area contributed by atoms with Crippen LogP contribution in [-0.4, -0.2) is 20.9 Å². The summed E-state index contributed by atoms with van der Waals surface area (Å²) in [6.45, 7) is 1.18. The maximum Gasteiger partial charge on any atom is 0.336 e. The Morgan fingerprint density at radius 1 is 1.33 bits per heavy atom. The normalized spacial score (nSPS) is 10.5. The number of benzene rings is 1. The van der Waals surface area contributed by atoms with Gasteiger partial charge in [-0.05, 0) is 17.7 Å². The average Bonchev–Trinajstić information content (AvgIpc) is 2.76. The Bertz CT molecular complexity index is 549. The van der Waals surface area contributed by atoms with Crippen molar-refractivity contribution in [3.05, 3.63) is 53.3 Å². The van der Waals surface area contributed by atoms with E-state index in [-0.39, 0.29) is 0 Å². The predicted octanol–water partition coefficient (Wildman–Crippen LogP) is 1.41. The molecule has 2 aromatic rings. The highest BCUT2D eigenvalue weighted by molar-refractivity contribution is 5.89. The maximum atomic E-state index is 11.0. The number of hydrogen-bond acceptors (Lipinski definition) is 3. The van der Waals surface area contributed by atoms with E-state index in [1.54, 1.807) is 23.0 Å². The van der Waals surface area contributed by atoms with Gasteiger partial charge in [0.05, 0.1) is 11.3 Å². The minimum absolute atomic E-state index is 0.343. The molecule has 1 heterocycles. The molecule has 0 aliphatic carbocycles. The van der Waals surface area contributed by atoms with Crippen molar-refractivity contribution in [2.45, 2.75) is 13.1 Å². The summed E-state index contributed by atoms with van der Waals surface area (Å²) in [6.07, 6.45) is 1.74. The van der Waals surface area contributed by atoms with E-state index >= 15 is 0 Å². The number of carbonyl (C=O) groups is 1. The first-order chi connectivity index (χ1) is 8.68. The van der Waals surface area contributed by atoms with Crippen LogP contribution in [0.25, 0.3) is 0 Å². The lowest BCUT2D eigenvalue weighted by molar-refractivity contribution is 0.0695. The third-order valence-corrected chi connectivity index (χ3v) is 2.79. The van der Waals surface area contributed by atoms with Crippen LogP contribution < -0.4 is 5.32 Å². The molecular weight excluding hydrogens is 230 g/mol. The first kappa shape index (κ1) is 12.3. The number of rotatable bonds is 5. The van der Waals surface area contributed by atoms with Crippen LogP contribution in [0.15, 0.2) is 36.5 Å². The number of aromatic carboxylic acids is 1. The molecule has 0 unspecified atom stereocenters. The SMILES string of the molecule is Cn1nccc1CNCc1ccccc1C(=O)O. The molecule has 0 radical (unpaired) electrons. The Morgan fingerprint density at radius 3 is 2.78 bits per heavy atom. The molecule has 0 saturated carbocycles. The van der Waals surface area contributed by atoms with Crippen molar-refractivity contribution in [3.8, 4) is 0 Å². The average molecular weight is 245 g/mol. The monoisotopic (exact) mass is 245 g/mol. The molecule has 94 valence electrons. The van der Waals surface area contributed by atoms with Gasteiger partial charge >= 0.3 is 5.97 Å². The Labute approximate surface area is 105 Å².